The minimum Gasteiger partial charge on any atom is -0.370 e. The molecule has 0 spiro atoms. The van der Waals surface area contributed by atoms with Crippen molar-refractivity contribution >= 4 is 47.2 Å². The number of fused-ring (bicyclic) bond motifs is 1. The van der Waals surface area contributed by atoms with Gasteiger partial charge in [0.25, 0.3) is 0 Å². The molecule has 0 fully saturated rings. The van der Waals surface area contributed by atoms with Gasteiger partial charge < -0.3 is 15.5 Å². The monoisotopic (exact) mass is 407 g/mol. The number of imidazole rings is 1. The van der Waals surface area contributed by atoms with Crippen molar-refractivity contribution in [2.45, 2.75) is 32.9 Å². The molecule has 110 valence electrons. The van der Waals surface area contributed by atoms with Gasteiger partial charge in [-0.25, -0.2) is 9.98 Å². The number of hydrogen-bond donors (Lipinski definition) is 2. The van der Waals surface area contributed by atoms with Crippen molar-refractivity contribution in [1.82, 2.24) is 14.7 Å². The molecule has 2 heterocycles. The van der Waals surface area contributed by atoms with E-state index in [1.165, 1.54) is 0 Å². The Hall–Kier alpha value is -1.02. The zero-order chi connectivity index (χ0) is 14.0. The van der Waals surface area contributed by atoms with Crippen molar-refractivity contribution in [3.05, 3.63) is 35.2 Å². The number of pyridine rings is 1. The molecule has 0 saturated heterocycles. The number of nitrogens with two attached hydrogens (primary N) is 1. The fourth-order valence-electron chi connectivity index (χ4n) is 1.68. The predicted molar refractivity (Wildman–Crippen MR) is 93.8 cm³/mol. The number of hydrogen-bond acceptors (Lipinski definition) is 2. The molecule has 0 aliphatic carbocycles. The largest absolute Gasteiger partial charge is 0.370 e. The fraction of sp³-hybridized carbons (Fsp3) is 0.385. The van der Waals surface area contributed by atoms with Crippen LogP contribution in [0, 0.1) is 0 Å². The van der Waals surface area contributed by atoms with Crippen LogP contribution in [0.25, 0.3) is 5.65 Å². The summed E-state index contributed by atoms with van der Waals surface area (Å²) in [4.78, 5) is 8.71. The van der Waals surface area contributed by atoms with Crippen LogP contribution in [0.2, 0.25) is 5.02 Å². The molecule has 0 aliphatic heterocycles. The molecule has 0 aromatic carbocycles. The Morgan fingerprint density at radius 2 is 2.10 bits per heavy atom. The Labute approximate surface area is 140 Å². The molecule has 0 bridgehead atoms. The summed E-state index contributed by atoms with van der Waals surface area (Å²) in [5.74, 6) is 0.419. The van der Waals surface area contributed by atoms with E-state index in [9.17, 15) is 0 Å². The summed E-state index contributed by atoms with van der Waals surface area (Å²) < 4.78 is 1.88. The average Bonchev–Trinajstić information content (AvgIpc) is 2.66. The van der Waals surface area contributed by atoms with Crippen molar-refractivity contribution in [3.8, 4) is 0 Å². The SMILES string of the molecule is CC(C)(C)NC(N)=NCc1cn2cc(Cl)ccc2n1.I. The van der Waals surface area contributed by atoms with Gasteiger partial charge in [-0.3, -0.25) is 0 Å². The highest BCUT2D eigenvalue weighted by molar-refractivity contribution is 14.0. The second kappa shape index (κ2) is 6.62. The van der Waals surface area contributed by atoms with E-state index in [0.717, 1.165) is 11.3 Å². The average molecular weight is 408 g/mol. The summed E-state index contributed by atoms with van der Waals surface area (Å²) in [5.41, 5.74) is 7.40. The molecule has 2 aromatic heterocycles. The first-order valence-electron chi connectivity index (χ1n) is 6.05. The zero-order valence-electron chi connectivity index (χ0n) is 11.7. The van der Waals surface area contributed by atoms with Crippen molar-refractivity contribution in [3.63, 3.8) is 0 Å². The van der Waals surface area contributed by atoms with E-state index < -0.39 is 0 Å². The third-order valence-electron chi connectivity index (χ3n) is 2.38. The maximum Gasteiger partial charge on any atom is 0.189 e. The van der Waals surface area contributed by atoms with Crippen LogP contribution in [0.15, 0.2) is 29.5 Å². The lowest BCUT2D eigenvalue weighted by Crippen LogP contribution is -2.44. The lowest BCUT2D eigenvalue weighted by Gasteiger charge is -2.20. The highest BCUT2D eigenvalue weighted by atomic mass is 127. The lowest BCUT2D eigenvalue weighted by atomic mass is 10.1. The molecule has 0 radical (unpaired) electrons. The first-order chi connectivity index (χ1) is 8.83. The Bertz CT molecular complexity index is 615. The number of nitrogens with one attached hydrogen (secondary N) is 1. The van der Waals surface area contributed by atoms with Crippen LogP contribution in [-0.2, 0) is 6.54 Å². The molecule has 0 amide bonds. The summed E-state index contributed by atoms with van der Waals surface area (Å²) >= 11 is 5.92. The topological polar surface area (TPSA) is 67.7 Å². The van der Waals surface area contributed by atoms with E-state index in [4.69, 9.17) is 17.3 Å². The van der Waals surface area contributed by atoms with E-state index in [0.29, 0.717) is 17.5 Å². The quantitative estimate of drug-likeness (QED) is 0.457. The maximum atomic E-state index is 5.92. The molecule has 2 rings (SSSR count). The summed E-state index contributed by atoms with van der Waals surface area (Å²) in [6.45, 7) is 6.53. The molecule has 3 N–H and O–H groups in total. The molecule has 5 nitrogen and oxygen atoms in total. The van der Waals surface area contributed by atoms with Gasteiger partial charge in [-0.15, -0.1) is 24.0 Å². The minimum atomic E-state index is -0.0972. The van der Waals surface area contributed by atoms with Crippen molar-refractivity contribution in [2.75, 3.05) is 0 Å². The van der Waals surface area contributed by atoms with Crippen LogP contribution >= 0.6 is 35.6 Å². The molecule has 0 atom stereocenters. The van der Waals surface area contributed by atoms with Crippen LogP contribution in [0.4, 0.5) is 0 Å². The second-order valence-corrected chi connectivity index (χ2v) is 5.86. The smallest absolute Gasteiger partial charge is 0.189 e. The van der Waals surface area contributed by atoms with Gasteiger partial charge in [0.2, 0.25) is 0 Å². The number of rotatable bonds is 2. The Kier molecular flexibility index (Phi) is 5.64. The molecule has 0 unspecified atom stereocenters. The standard InChI is InChI=1S/C13H18ClN5.HI/c1-13(2,3)18-12(15)16-6-10-8-19-7-9(14)4-5-11(19)17-10;/h4-5,7-8H,6H2,1-3H3,(H3,15,16,18);1H. The molecule has 0 aliphatic rings. The highest BCUT2D eigenvalue weighted by Gasteiger charge is 2.09. The molecule has 20 heavy (non-hydrogen) atoms. The van der Waals surface area contributed by atoms with E-state index in [1.807, 2.05) is 49.7 Å². The normalized spacial score (nSPS) is 12.3. The first kappa shape index (κ1) is 17.0. The van der Waals surface area contributed by atoms with Crippen LogP contribution in [0.3, 0.4) is 0 Å². The van der Waals surface area contributed by atoms with Gasteiger partial charge in [-0.05, 0) is 32.9 Å². The number of aliphatic imine (C=N–C) groups is 1. The van der Waals surface area contributed by atoms with Gasteiger partial charge in [0, 0.05) is 17.9 Å². The lowest BCUT2D eigenvalue weighted by molar-refractivity contribution is 0.508. The van der Waals surface area contributed by atoms with E-state index in [2.05, 4.69) is 15.3 Å². The van der Waals surface area contributed by atoms with Gasteiger partial charge in [-0.2, -0.15) is 0 Å². The molecule has 2 aromatic rings. The van der Waals surface area contributed by atoms with Crippen LogP contribution in [-0.4, -0.2) is 20.9 Å². The van der Waals surface area contributed by atoms with Crippen LogP contribution < -0.4 is 11.1 Å². The Morgan fingerprint density at radius 3 is 2.75 bits per heavy atom. The summed E-state index contributed by atoms with van der Waals surface area (Å²) in [6.07, 6.45) is 3.71. The van der Waals surface area contributed by atoms with Gasteiger partial charge in [0.05, 0.1) is 17.3 Å². The first-order valence-corrected chi connectivity index (χ1v) is 6.42. The molecular formula is C13H19ClIN5. The number of guanidine groups is 1. The Morgan fingerprint density at radius 1 is 1.40 bits per heavy atom. The Balaban J connectivity index is 0.00000200. The van der Waals surface area contributed by atoms with Gasteiger partial charge in [0.1, 0.15) is 5.65 Å². The predicted octanol–water partition coefficient (Wildman–Crippen LogP) is 2.81. The van der Waals surface area contributed by atoms with E-state index in [1.54, 1.807) is 0 Å². The van der Waals surface area contributed by atoms with Gasteiger partial charge in [-0.1, -0.05) is 11.6 Å². The maximum absolute atomic E-state index is 5.92. The molecular weight excluding hydrogens is 389 g/mol. The fourth-order valence-corrected chi connectivity index (χ4v) is 1.85. The van der Waals surface area contributed by atoms with Crippen LogP contribution in [0.5, 0.6) is 0 Å². The van der Waals surface area contributed by atoms with E-state index >= 15 is 0 Å². The second-order valence-electron chi connectivity index (χ2n) is 5.42. The number of nitrogens with zero attached hydrogens (tertiary/aromatic N) is 3. The number of aromatic nitrogens is 2. The highest BCUT2D eigenvalue weighted by Crippen LogP contribution is 2.12. The minimum absolute atomic E-state index is 0. The van der Waals surface area contributed by atoms with Crippen molar-refractivity contribution in [2.24, 2.45) is 10.7 Å². The molecule has 0 saturated carbocycles. The zero-order valence-corrected chi connectivity index (χ0v) is 14.8. The molecule has 7 heteroatoms. The van der Waals surface area contributed by atoms with Gasteiger partial charge in [0.15, 0.2) is 5.96 Å². The third kappa shape index (κ3) is 4.82. The summed E-state index contributed by atoms with van der Waals surface area (Å²) in [7, 11) is 0. The van der Waals surface area contributed by atoms with Crippen molar-refractivity contribution < 1.29 is 0 Å². The summed E-state index contributed by atoms with van der Waals surface area (Å²) in [5, 5.41) is 3.78. The van der Waals surface area contributed by atoms with Crippen molar-refractivity contribution in [1.29, 1.82) is 0 Å². The number of halogens is 2. The van der Waals surface area contributed by atoms with Crippen LogP contribution in [0.1, 0.15) is 26.5 Å². The van der Waals surface area contributed by atoms with E-state index in [-0.39, 0.29) is 29.5 Å². The summed E-state index contributed by atoms with van der Waals surface area (Å²) in [6, 6.07) is 3.68. The van der Waals surface area contributed by atoms with Gasteiger partial charge >= 0.3 is 0 Å². The third-order valence-corrected chi connectivity index (χ3v) is 2.60.